The number of esters is 1. The molecular weight excluding hydrogens is 761 g/mol. The van der Waals surface area contributed by atoms with Crippen LogP contribution in [0.2, 0.25) is 5.02 Å². The summed E-state index contributed by atoms with van der Waals surface area (Å²) in [7, 11) is 3.34. The summed E-state index contributed by atoms with van der Waals surface area (Å²) in [5.41, 5.74) is 2.60. The number of aliphatic imine (C=N–C) groups is 1. The van der Waals surface area contributed by atoms with Crippen LogP contribution < -0.4 is 15.0 Å². The Bertz CT molecular complexity index is 2090. The van der Waals surface area contributed by atoms with Crippen LogP contribution in [0, 0.1) is 5.82 Å². The summed E-state index contributed by atoms with van der Waals surface area (Å²) in [6.07, 6.45) is 2.49. The van der Waals surface area contributed by atoms with Crippen molar-refractivity contribution >= 4 is 52.7 Å². The molecular formula is C40H41ClFN7O6S. The summed E-state index contributed by atoms with van der Waals surface area (Å²) in [6.45, 7) is 4.96. The first kappa shape index (κ1) is 39.1. The number of amidine groups is 1. The van der Waals surface area contributed by atoms with Gasteiger partial charge in [-0.3, -0.25) is 24.4 Å². The van der Waals surface area contributed by atoms with Crippen LogP contribution in [0.15, 0.2) is 94.6 Å². The number of carbonyl (C=O) groups excluding carboxylic acids is 3. The number of aromatic nitrogens is 1. The number of ether oxygens (including phenoxy) is 3. The SMILES string of the molecule is COC(=O)C1=C(CN2CCN(C)C(CN(C=O)c3ccc(Oc4ccc(C(=O)N5CCOCC5)cc4)cc3)C2)NC(c2nccs2)=N[C@H]1c1ccc(F)cc1Cl. The van der Waals surface area contributed by atoms with Gasteiger partial charge in [-0.2, -0.15) is 0 Å². The molecule has 1 unspecified atom stereocenters. The number of likely N-dealkylation sites (N-methyl/N-ethyl adjacent to an activating group) is 1. The number of methoxy groups -OCH3 is 1. The lowest BCUT2D eigenvalue weighted by Crippen LogP contribution is -2.56. The fourth-order valence-corrected chi connectivity index (χ4v) is 7.79. The number of carbonyl (C=O) groups is 3. The Morgan fingerprint density at radius 1 is 1.05 bits per heavy atom. The number of thiazole rings is 1. The standard InChI is InChI=1S/C40H41ClFN7O6S/c1-46-14-15-47(24-34-35(40(52)53-2)36(32-12-5-27(42)21-33(32)41)45-37(44-34)38-43-13-20-56-38)22-29(46)23-49(25-50)28-6-10-31(11-7-28)55-30-8-3-26(4-9-30)39(51)48-16-18-54-19-17-48/h3-13,20-21,25,29,36H,14-19,22-24H2,1-2H3,(H,44,45)/t29?,36-/m0/s1. The van der Waals surface area contributed by atoms with E-state index in [0.29, 0.717) is 104 Å². The highest BCUT2D eigenvalue weighted by Gasteiger charge is 2.36. The van der Waals surface area contributed by atoms with Gasteiger partial charge < -0.3 is 29.3 Å². The third kappa shape index (κ3) is 8.92. The number of anilines is 1. The molecule has 2 fully saturated rings. The van der Waals surface area contributed by atoms with E-state index >= 15 is 0 Å². The monoisotopic (exact) mass is 801 g/mol. The molecule has 0 bridgehead atoms. The minimum Gasteiger partial charge on any atom is -0.466 e. The maximum absolute atomic E-state index is 14.1. The van der Waals surface area contributed by atoms with Gasteiger partial charge in [-0.05, 0) is 67.7 Å². The molecule has 3 aromatic carbocycles. The van der Waals surface area contributed by atoms with E-state index in [-0.39, 0.29) is 22.5 Å². The average molecular weight is 802 g/mol. The number of amides is 2. The van der Waals surface area contributed by atoms with Crippen molar-refractivity contribution in [2.45, 2.75) is 12.1 Å². The van der Waals surface area contributed by atoms with Crippen molar-refractivity contribution in [3.8, 4) is 11.5 Å². The van der Waals surface area contributed by atoms with E-state index < -0.39 is 17.8 Å². The molecule has 16 heteroatoms. The lowest BCUT2D eigenvalue weighted by molar-refractivity contribution is -0.136. The van der Waals surface area contributed by atoms with E-state index in [4.69, 9.17) is 30.8 Å². The Labute approximate surface area is 332 Å². The Hall–Kier alpha value is -5.19. The second-order valence-corrected chi connectivity index (χ2v) is 14.8. The molecule has 3 aliphatic heterocycles. The van der Waals surface area contributed by atoms with Crippen LogP contribution in [0.3, 0.4) is 0 Å². The lowest BCUT2D eigenvalue weighted by atomic mass is 9.95. The molecule has 0 spiro atoms. The molecule has 7 rings (SSSR count). The molecule has 4 aromatic rings. The molecule has 1 N–H and O–H groups in total. The highest BCUT2D eigenvalue weighted by Crippen LogP contribution is 2.37. The maximum atomic E-state index is 14.1. The van der Waals surface area contributed by atoms with Crippen LogP contribution in [-0.4, -0.2) is 123 Å². The number of morpholine rings is 1. The molecule has 2 atom stereocenters. The zero-order valence-corrected chi connectivity index (χ0v) is 32.5. The number of benzene rings is 3. The zero-order valence-electron chi connectivity index (χ0n) is 30.9. The zero-order chi connectivity index (χ0) is 39.2. The molecule has 0 aliphatic carbocycles. The smallest absolute Gasteiger partial charge is 0.338 e. The average Bonchev–Trinajstić information content (AvgIpc) is 3.77. The third-order valence-corrected chi connectivity index (χ3v) is 11.1. The van der Waals surface area contributed by atoms with E-state index in [1.54, 1.807) is 52.4 Å². The minimum atomic E-state index is -0.865. The van der Waals surface area contributed by atoms with Crippen LogP contribution >= 0.6 is 22.9 Å². The highest BCUT2D eigenvalue weighted by atomic mass is 35.5. The van der Waals surface area contributed by atoms with Crippen molar-refractivity contribution in [3.63, 3.8) is 0 Å². The van der Waals surface area contributed by atoms with Crippen molar-refractivity contribution in [2.75, 3.05) is 78.1 Å². The van der Waals surface area contributed by atoms with Gasteiger partial charge in [0, 0.05) is 91.0 Å². The number of halogens is 2. The third-order valence-electron chi connectivity index (χ3n) is 10.0. The van der Waals surface area contributed by atoms with Gasteiger partial charge in [0.25, 0.3) is 5.91 Å². The second kappa shape index (κ2) is 17.7. The van der Waals surface area contributed by atoms with Gasteiger partial charge in [-0.25, -0.2) is 14.2 Å². The van der Waals surface area contributed by atoms with E-state index in [0.717, 1.165) is 6.41 Å². The van der Waals surface area contributed by atoms with Crippen molar-refractivity contribution in [2.24, 2.45) is 4.99 Å². The van der Waals surface area contributed by atoms with Crippen LogP contribution in [0.1, 0.15) is 27.0 Å². The second-order valence-electron chi connectivity index (χ2n) is 13.5. The molecule has 3 aliphatic rings. The van der Waals surface area contributed by atoms with Crippen LogP contribution in [0.25, 0.3) is 0 Å². The van der Waals surface area contributed by atoms with Gasteiger partial charge in [0.15, 0.2) is 10.8 Å². The predicted octanol–water partition coefficient (Wildman–Crippen LogP) is 5.00. The summed E-state index contributed by atoms with van der Waals surface area (Å²) in [5, 5.41) is 5.95. The van der Waals surface area contributed by atoms with E-state index in [2.05, 4.69) is 20.1 Å². The first-order valence-electron chi connectivity index (χ1n) is 18.1. The normalized spacial score (nSPS) is 19.2. The summed E-state index contributed by atoms with van der Waals surface area (Å²) in [6, 6.07) is 17.4. The molecule has 4 heterocycles. The van der Waals surface area contributed by atoms with Gasteiger partial charge >= 0.3 is 5.97 Å². The fourth-order valence-electron chi connectivity index (χ4n) is 6.94. The molecule has 2 amide bonds. The minimum absolute atomic E-state index is 0.0327. The Morgan fingerprint density at radius 2 is 1.79 bits per heavy atom. The Morgan fingerprint density at radius 3 is 2.45 bits per heavy atom. The first-order chi connectivity index (χ1) is 27.2. The van der Waals surface area contributed by atoms with Gasteiger partial charge in [0.1, 0.15) is 23.4 Å². The van der Waals surface area contributed by atoms with Gasteiger partial charge in [-0.1, -0.05) is 17.7 Å². The molecule has 0 radical (unpaired) electrons. The Balaban J connectivity index is 1.04. The van der Waals surface area contributed by atoms with Crippen LogP contribution in [0.4, 0.5) is 10.1 Å². The summed E-state index contributed by atoms with van der Waals surface area (Å²) in [5.74, 6) is 0.522. The van der Waals surface area contributed by atoms with E-state index in [1.807, 2.05) is 24.6 Å². The first-order valence-corrected chi connectivity index (χ1v) is 19.4. The van der Waals surface area contributed by atoms with Crippen molar-refractivity contribution in [1.82, 2.24) is 25.0 Å². The molecule has 292 valence electrons. The molecule has 56 heavy (non-hydrogen) atoms. The number of nitrogens with one attached hydrogen (secondary N) is 1. The number of nitrogens with zero attached hydrogens (tertiary/aromatic N) is 6. The number of hydrogen-bond donors (Lipinski definition) is 1. The van der Waals surface area contributed by atoms with E-state index in [1.165, 1.54) is 36.6 Å². The van der Waals surface area contributed by atoms with Crippen molar-refractivity contribution in [3.05, 3.63) is 117 Å². The van der Waals surface area contributed by atoms with Crippen molar-refractivity contribution in [1.29, 1.82) is 0 Å². The van der Waals surface area contributed by atoms with Gasteiger partial charge in [0.05, 0.1) is 25.9 Å². The van der Waals surface area contributed by atoms with Gasteiger partial charge in [0.2, 0.25) is 6.41 Å². The van der Waals surface area contributed by atoms with Crippen LogP contribution in [0.5, 0.6) is 11.5 Å². The topological polar surface area (TPSA) is 129 Å². The van der Waals surface area contributed by atoms with E-state index in [9.17, 15) is 18.8 Å². The number of rotatable bonds is 12. The predicted molar refractivity (Wildman–Crippen MR) is 211 cm³/mol. The molecule has 2 saturated heterocycles. The van der Waals surface area contributed by atoms with Crippen LogP contribution in [-0.2, 0) is 19.1 Å². The fraction of sp³-hybridized carbons (Fsp3) is 0.325. The quantitative estimate of drug-likeness (QED) is 0.155. The summed E-state index contributed by atoms with van der Waals surface area (Å²) < 4.78 is 30.7. The molecule has 13 nitrogen and oxygen atoms in total. The molecule has 0 saturated carbocycles. The summed E-state index contributed by atoms with van der Waals surface area (Å²) >= 11 is 7.92. The van der Waals surface area contributed by atoms with Gasteiger partial charge in [-0.15, -0.1) is 11.3 Å². The molecule has 1 aromatic heterocycles. The highest BCUT2D eigenvalue weighted by molar-refractivity contribution is 7.11. The number of piperazine rings is 1. The number of hydrogen-bond acceptors (Lipinski definition) is 12. The lowest BCUT2D eigenvalue weighted by Gasteiger charge is -2.41. The Kier molecular flexibility index (Phi) is 12.4. The maximum Gasteiger partial charge on any atom is 0.338 e. The largest absolute Gasteiger partial charge is 0.466 e. The summed E-state index contributed by atoms with van der Waals surface area (Å²) in [4.78, 5) is 55.9. The van der Waals surface area contributed by atoms with Crippen molar-refractivity contribution < 1.29 is 33.0 Å².